The van der Waals surface area contributed by atoms with Gasteiger partial charge in [0.25, 0.3) is 5.91 Å². The van der Waals surface area contributed by atoms with Crippen LogP contribution in [0.15, 0.2) is 18.2 Å². The fourth-order valence-corrected chi connectivity index (χ4v) is 2.87. The number of morpholine rings is 1. The average Bonchev–Trinajstić information content (AvgIpc) is 2.55. The highest BCUT2D eigenvalue weighted by Gasteiger charge is 2.17. The van der Waals surface area contributed by atoms with Crippen molar-refractivity contribution in [2.24, 2.45) is 0 Å². The molecule has 1 aromatic carbocycles. The van der Waals surface area contributed by atoms with Crippen LogP contribution in [0, 0.1) is 0 Å². The van der Waals surface area contributed by atoms with Gasteiger partial charge in [0, 0.05) is 18.0 Å². The van der Waals surface area contributed by atoms with Crippen molar-refractivity contribution in [1.82, 2.24) is 5.32 Å². The van der Waals surface area contributed by atoms with Crippen LogP contribution in [0.5, 0.6) is 5.75 Å². The first-order chi connectivity index (χ1) is 11.1. The van der Waals surface area contributed by atoms with Gasteiger partial charge in [0.05, 0.1) is 24.8 Å². The van der Waals surface area contributed by atoms with E-state index in [0.717, 1.165) is 39.3 Å². The maximum Gasteiger partial charge on any atom is 0.260 e. The minimum atomic E-state index is -0.607. The molecule has 0 aliphatic carbocycles. The smallest absolute Gasteiger partial charge is 0.260 e. The molecule has 7 heteroatoms. The molecule has 2 N–H and O–H groups in total. The van der Waals surface area contributed by atoms with Crippen molar-refractivity contribution in [3.05, 3.63) is 28.2 Å². The number of hydrogen-bond acceptors (Lipinski definition) is 3. The number of carbonyl (C=O) groups is 1. The normalized spacial score (nSPS) is 16.8. The predicted molar refractivity (Wildman–Crippen MR) is 90.6 cm³/mol. The molecule has 0 spiro atoms. The lowest BCUT2D eigenvalue weighted by molar-refractivity contribution is -0.908. The number of carbonyl (C=O) groups excluding carboxylic acids is 1. The SMILES string of the molecule is C[C@@H](Oc1ccc(Cl)cc1Cl)C(=O)NCCC[NH+]1CCOCC1. The largest absolute Gasteiger partial charge is 0.479 e. The monoisotopic (exact) mass is 361 g/mol. The molecule has 0 aromatic heterocycles. The van der Waals surface area contributed by atoms with Crippen molar-refractivity contribution in [3.63, 3.8) is 0 Å². The first-order valence-corrected chi connectivity index (χ1v) is 8.62. The Hall–Kier alpha value is -1.01. The van der Waals surface area contributed by atoms with Crippen molar-refractivity contribution < 1.29 is 19.2 Å². The minimum Gasteiger partial charge on any atom is -0.479 e. The Morgan fingerprint density at radius 1 is 1.39 bits per heavy atom. The lowest BCUT2D eigenvalue weighted by atomic mass is 10.3. The first kappa shape index (κ1) is 18.3. The Bertz CT molecular complexity index is 522. The Morgan fingerprint density at radius 2 is 2.13 bits per heavy atom. The summed E-state index contributed by atoms with van der Waals surface area (Å²) in [6, 6.07) is 4.93. The number of hydrogen-bond donors (Lipinski definition) is 2. The summed E-state index contributed by atoms with van der Waals surface area (Å²) in [5, 5.41) is 3.82. The first-order valence-electron chi connectivity index (χ1n) is 7.87. The van der Waals surface area contributed by atoms with Crippen molar-refractivity contribution in [2.75, 3.05) is 39.4 Å². The summed E-state index contributed by atoms with van der Waals surface area (Å²) in [4.78, 5) is 13.6. The zero-order valence-corrected chi connectivity index (χ0v) is 14.8. The van der Waals surface area contributed by atoms with Crippen LogP contribution in [0.25, 0.3) is 0 Å². The molecule has 0 radical (unpaired) electrons. The van der Waals surface area contributed by atoms with E-state index in [4.69, 9.17) is 32.7 Å². The number of nitrogens with one attached hydrogen (secondary N) is 2. The zero-order valence-electron chi connectivity index (χ0n) is 13.2. The van der Waals surface area contributed by atoms with E-state index in [1.54, 1.807) is 25.1 Å². The van der Waals surface area contributed by atoms with Crippen LogP contribution in [0.3, 0.4) is 0 Å². The van der Waals surface area contributed by atoms with Crippen LogP contribution in [-0.4, -0.2) is 51.4 Å². The van der Waals surface area contributed by atoms with E-state index >= 15 is 0 Å². The fourth-order valence-electron chi connectivity index (χ4n) is 2.42. The van der Waals surface area contributed by atoms with Crippen LogP contribution >= 0.6 is 23.2 Å². The topological polar surface area (TPSA) is 52.0 Å². The summed E-state index contributed by atoms with van der Waals surface area (Å²) in [5.41, 5.74) is 0. The maximum atomic E-state index is 12.0. The van der Waals surface area contributed by atoms with Crippen LogP contribution < -0.4 is 15.0 Å². The zero-order chi connectivity index (χ0) is 16.7. The molecule has 2 rings (SSSR count). The molecule has 1 atom stereocenters. The van der Waals surface area contributed by atoms with Crippen molar-refractivity contribution in [2.45, 2.75) is 19.4 Å². The minimum absolute atomic E-state index is 0.145. The number of ether oxygens (including phenoxy) is 2. The molecule has 0 bridgehead atoms. The van der Waals surface area contributed by atoms with Gasteiger partial charge in [0.15, 0.2) is 6.10 Å². The van der Waals surface area contributed by atoms with Gasteiger partial charge in [-0.25, -0.2) is 0 Å². The van der Waals surface area contributed by atoms with Gasteiger partial charge < -0.3 is 19.7 Å². The predicted octanol–water partition coefficient (Wildman–Crippen LogP) is 1.18. The van der Waals surface area contributed by atoms with Crippen molar-refractivity contribution in [3.8, 4) is 5.75 Å². The Kier molecular flexibility index (Phi) is 7.43. The van der Waals surface area contributed by atoms with Gasteiger partial charge in [-0.15, -0.1) is 0 Å². The van der Waals surface area contributed by atoms with Gasteiger partial charge >= 0.3 is 0 Å². The molecule has 0 saturated carbocycles. The molecule has 1 aromatic rings. The summed E-state index contributed by atoms with van der Waals surface area (Å²) >= 11 is 11.9. The summed E-state index contributed by atoms with van der Waals surface area (Å²) < 4.78 is 10.9. The Balaban J connectivity index is 1.68. The molecule has 1 fully saturated rings. The van der Waals surface area contributed by atoms with Crippen LogP contribution in [0.4, 0.5) is 0 Å². The average molecular weight is 362 g/mol. The van der Waals surface area contributed by atoms with Crippen LogP contribution in [-0.2, 0) is 9.53 Å². The summed E-state index contributed by atoms with van der Waals surface area (Å²) in [6.45, 7) is 7.13. The van der Waals surface area contributed by atoms with Gasteiger partial charge in [-0.2, -0.15) is 0 Å². The second-order valence-electron chi connectivity index (χ2n) is 5.59. The lowest BCUT2D eigenvalue weighted by Crippen LogP contribution is -3.14. The summed E-state index contributed by atoms with van der Waals surface area (Å²) in [5.74, 6) is 0.310. The van der Waals surface area contributed by atoms with Crippen LogP contribution in [0.1, 0.15) is 13.3 Å². The highest BCUT2D eigenvalue weighted by molar-refractivity contribution is 6.35. The summed E-state index contributed by atoms with van der Waals surface area (Å²) in [6.07, 6.45) is 0.333. The molecule has 23 heavy (non-hydrogen) atoms. The third-order valence-corrected chi connectivity index (χ3v) is 4.30. The molecule has 1 aliphatic rings. The van der Waals surface area contributed by atoms with Gasteiger partial charge in [-0.1, -0.05) is 23.2 Å². The van der Waals surface area contributed by atoms with Gasteiger partial charge in [-0.05, 0) is 25.1 Å². The highest BCUT2D eigenvalue weighted by atomic mass is 35.5. The summed E-state index contributed by atoms with van der Waals surface area (Å²) in [7, 11) is 0. The second kappa shape index (κ2) is 9.33. The Labute approximate surface area is 146 Å². The van der Waals surface area contributed by atoms with E-state index < -0.39 is 6.10 Å². The number of benzene rings is 1. The van der Waals surface area contributed by atoms with E-state index in [1.807, 2.05) is 0 Å². The number of rotatable bonds is 7. The lowest BCUT2D eigenvalue weighted by Gasteiger charge is -2.23. The van der Waals surface area contributed by atoms with Crippen LogP contribution in [0.2, 0.25) is 10.0 Å². The Morgan fingerprint density at radius 3 is 2.83 bits per heavy atom. The third-order valence-electron chi connectivity index (χ3n) is 3.77. The molecule has 1 amide bonds. The van der Waals surface area contributed by atoms with E-state index in [0.29, 0.717) is 22.3 Å². The van der Waals surface area contributed by atoms with Crippen molar-refractivity contribution >= 4 is 29.1 Å². The van der Waals surface area contributed by atoms with E-state index in [1.165, 1.54) is 4.90 Å². The number of quaternary nitrogens is 1. The molecule has 128 valence electrons. The number of halogens is 2. The molecule has 5 nitrogen and oxygen atoms in total. The van der Waals surface area contributed by atoms with E-state index in [2.05, 4.69) is 5.32 Å². The van der Waals surface area contributed by atoms with Gasteiger partial charge in [0.1, 0.15) is 18.8 Å². The van der Waals surface area contributed by atoms with E-state index in [9.17, 15) is 4.79 Å². The third kappa shape index (κ3) is 6.18. The standard InChI is InChI=1S/C16H22Cl2N2O3/c1-12(23-15-4-3-13(17)11-14(15)18)16(21)19-5-2-6-20-7-9-22-10-8-20/h3-4,11-12H,2,5-10H2,1H3,(H,19,21)/p+1/t12-/m1/s1. The quantitative estimate of drug-likeness (QED) is 0.717. The molecule has 1 heterocycles. The molecule has 1 aliphatic heterocycles. The highest BCUT2D eigenvalue weighted by Crippen LogP contribution is 2.28. The molecule has 0 unspecified atom stereocenters. The second-order valence-corrected chi connectivity index (χ2v) is 6.44. The van der Waals surface area contributed by atoms with E-state index in [-0.39, 0.29) is 5.91 Å². The van der Waals surface area contributed by atoms with Crippen molar-refractivity contribution in [1.29, 1.82) is 0 Å². The van der Waals surface area contributed by atoms with Gasteiger partial charge in [0.2, 0.25) is 0 Å². The molecular formula is C16H23Cl2N2O3+. The fraction of sp³-hybridized carbons (Fsp3) is 0.562. The maximum absolute atomic E-state index is 12.0. The molecular weight excluding hydrogens is 339 g/mol. The van der Waals surface area contributed by atoms with Gasteiger partial charge in [-0.3, -0.25) is 4.79 Å². The number of amides is 1. The molecule has 1 saturated heterocycles.